The number of hydrogen-bond acceptors (Lipinski definition) is 6. The summed E-state index contributed by atoms with van der Waals surface area (Å²) >= 11 is 0. The quantitative estimate of drug-likeness (QED) is 0.299. The molecule has 5 N–H and O–H groups in total. The molecule has 0 aliphatic carbocycles. The Morgan fingerprint density at radius 2 is 1.48 bits per heavy atom. The number of nitrogens with two attached hydrogens (primary N) is 1. The minimum atomic E-state index is -3.72. The Hall–Kier alpha value is -1.20. The second-order valence-corrected chi connectivity index (χ2v) is 8.18. The van der Waals surface area contributed by atoms with Crippen molar-refractivity contribution in [1.29, 1.82) is 0 Å². The van der Waals surface area contributed by atoms with Crippen LogP contribution in [-0.4, -0.2) is 36.2 Å². The molecular formula is C11H20N4O4S2. The molecule has 120 valence electrons. The summed E-state index contributed by atoms with van der Waals surface area (Å²) in [6, 6.07) is 3.24. The van der Waals surface area contributed by atoms with Crippen LogP contribution in [0, 0.1) is 13.8 Å². The molecule has 0 spiro atoms. The number of sulfonamides is 2. The van der Waals surface area contributed by atoms with E-state index in [1.807, 2.05) is 0 Å². The van der Waals surface area contributed by atoms with Crippen LogP contribution in [0.25, 0.3) is 0 Å². The van der Waals surface area contributed by atoms with Gasteiger partial charge in [-0.25, -0.2) is 26.3 Å². The number of rotatable bonds is 7. The third-order valence-electron chi connectivity index (χ3n) is 2.68. The van der Waals surface area contributed by atoms with Crippen LogP contribution in [0.3, 0.4) is 0 Å². The van der Waals surface area contributed by atoms with E-state index in [1.165, 1.54) is 0 Å². The molecule has 0 saturated carbocycles. The van der Waals surface area contributed by atoms with E-state index in [1.54, 1.807) is 26.0 Å². The molecule has 8 nitrogen and oxygen atoms in total. The molecule has 0 aliphatic heterocycles. The molecule has 1 aromatic carbocycles. The lowest BCUT2D eigenvalue weighted by atomic mass is 10.1. The summed E-state index contributed by atoms with van der Waals surface area (Å²) in [4.78, 5) is 0.167. The molecule has 10 heteroatoms. The minimum Gasteiger partial charge on any atom is -0.324 e. The van der Waals surface area contributed by atoms with Gasteiger partial charge in [-0.2, -0.15) is 0 Å². The smallest absolute Gasteiger partial charge is 0.241 e. The van der Waals surface area contributed by atoms with E-state index >= 15 is 0 Å². The highest BCUT2D eigenvalue weighted by atomic mass is 32.2. The summed E-state index contributed by atoms with van der Waals surface area (Å²) in [5.74, 6) is 5.31. The monoisotopic (exact) mass is 336 g/mol. The Morgan fingerprint density at radius 3 is 1.90 bits per heavy atom. The Labute approximate surface area is 125 Å². The van der Waals surface area contributed by atoms with Crippen LogP contribution in [0.2, 0.25) is 0 Å². The van der Waals surface area contributed by atoms with Crippen molar-refractivity contribution in [2.75, 3.05) is 24.8 Å². The largest absolute Gasteiger partial charge is 0.324 e. The molecule has 21 heavy (non-hydrogen) atoms. The first kappa shape index (κ1) is 17.9. The summed E-state index contributed by atoms with van der Waals surface area (Å²) in [5, 5.41) is 0. The second kappa shape index (κ2) is 6.71. The molecule has 0 unspecified atom stereocenters. The fraction of sp³-hybridized carbons (Fsp3) is 0.455. The summed E-state index contributed by atoms with van der Waals surface area (Å²) in [5.41, 5.74) is 4.17. The van der Waals surface area contributed by atoms with Gasteiger partial charge >= 0.3 is 0 Å². The van der Waals surface area contributed by atoms with Gasteiger partial charge in [0.1, 0.15) is 0 Å². The lowest BCUT2D eigenvalue weighted by Crippen LogP contribution is -2.34. The lowest BCUT2D eigenvalue weighted by molar-refractivity contribution is 0.572. The van der Waals surface area contributed by atoms with E-state index in [0.717, 1.165) is 6.26 Å². The zero-order valence-electron chi connectivity index (χ0n) is 12.1. The zero-order chi connectivity index (χ0) is 16.3. The van der Waals surface area contributed by atoms with Crippen molar-refractivity contribution in [3.63, 3.8) is 0 Å². The van der Waals surface area contributed by atoms with Crippen LogP contribution in [0.4, 0.5) is 5.69 Å². The fourth-order valence-corrected chi connectivity index (χ4v) is 3.91. The molecule has 0 saturated heterocycles. The fourth-order valence-electron chi connectivity index (χ4n) is 1.95. The summed E-state index contributed by atoms with van der Waals surface area (Å²) in [6.45, 7) is 3.28. The Kier molecular flexibility index (Phi) is 5.70. The Bertz CT molecular complexity index is 691. The number of nitrogen functional groups attached to an aromatic ring is 1. The van der Waals surface area contributed by atoms with Gasteiger partial charge in [-0.15, -0.1) is 0 Å². The molecule has 0 fully saturated rings. The first-order valence-electron chi connectivity index (χ1n) is 6.09. The van der Waals surface area contributed by atoms with Crippen LogP contribution in [0.5, 0.6) is 0 Å². The molecule has 0 bridgehead atoms. The molecule has 1 rings (SSSR count). The lowest BCUT2D eigenvalue weighted by Gasteiger charge is -2.14. The van der Waals surface area contributed by atoms with E-state index in [-0.39, 0.29) is 18.0 Å². The van der Waals surface area contributed by atoms with Crippen molar-refractivity contribution in [3.8, 4) is 0 Å². The third kappa shape index (κ3) is 5.25. The highest BCUT2D eigenvalue weighted by Gasteiger charge is 2.19. The summed E-state index contributed by atoms with van der Waals surface area (Å²) < 4.78 is 50.9. The molecule has 1 aromatic rings. The van der Waals surface area contributed by atoms with E-state index in [4.69, 9.17) is 5.84 Å². The van der Waals surface area contributed by atoms with Crippen LogP contribution >= 0.6 is 0 Å². The molecule has 0 radical (unpaired) electrons. The van der Waals surface area contributed by atoms with E-state index in [0.29, 0.717) is 16.8 Å². The molecule has 0 aromatic heterocycles. The van der Waals surface area contributed by atoms with Gasteiger partial charge in [0.25, 0.3) is 0 Å². The zero-order valence-corrected chi connectivity index (χ0v) is 13.7. The van der Waals surface area contributed by atoms with Gasteiger partial charge in [-0.3, -0.25) is 5.84 Å². The van der Waals surface area contributed by atoms with Gasteiger partial charge in [-0.1, -0.05) is 0 Å². The number of hydrogen-bond donors (Lipinski definition) is 4. The van der Waals surface area contributed by atoms with Crippen LogP contribution in [0.15, 0.2) is 17.0 Å². The number of hydrazine groups is 1. The SMILES string of the molecule is Cc1cc(NN)cc(C)c1S(=O)(=O)NCCNS(C)(=O)=O. The molecule has 0 amide bonds. The van der Waals surface area contributed by atoms with Crippen molar-refractivity contribution < 1.29 is 16.8 Å². The molecule has 0 aliphatic rings. The first-order chi connectivity index (χ1) is 9.57. The normalized spacial score (nSPS) is 12.4. The van der Waals surface area contributed by atoms with Gasteiger partial charge in [-0.05, 0) is 37.1 Å². The predicted octanol–water partition coefficient (Wildman–Crippen LogP) is -0.583. The van der Waals surface area contributed by atoms with Crippen molar-refractivity contribution >= 4 is 25.7 Å². The van der Waals surface area contributed by atoms with E-state index in [9.17, 15) is 16.8 Å². The maximum atomic E-state index is 12.3. The number of aryl methyl sites for hydroxylation is 2. The maximum Gasteiger partial charge on any atom is 0.241 e. The Morgan fingerprint density at radius 1 is 1.00 bits per heavy atom. The van der Waals surface area contributed by atoms with Crippen LogP contribution < -0.4 is 20.7 Å². The van der Waals surface area contributed by atoms with Crippen molar-refractivity contribution in [3.05, 3.63) is 23.3 Å². The second-order valence-electron chi connectivity index (χ2n) is 4.65. The van der Waals surface area contributed by atoms with Crippen molar-refractivity contribution in [1.82, 2.24) is 9.44 Å². The van der Waals surface area contributed by atoms with Gasteiger partial charge in [0.15, 0.2) is 0 Å². The van der Waals surface area contributed by atoms with Gasteiger partial charge in [0, 0.05) is 18.8 Å². The average Bonchev–Trinajstić information content (AvgIpc) is 2.32. The third-order valence-corrected chi connectivity index (χ3v) is 5.17. The van der Waals surface area contributed by atoms with E-state index < -0.39 is 20.0 Å². The Balaban J connectivity index is 2.89. The maximum absolute atomic E-state index is 12.3. The predicted molar refractivity (Wildman–Crippen MR) is 81.8 cm³/mol. The van der Waals surface area contributed by atoms with Gasteiger partial charge < -0.3 is 5.43 Å². The topological polar surface area (TPSA) is 130 Å². The number of benzene rings is 1. The average molecular weight is 336 g/mol. The molecule has 0 atom stereocenters. The highest BCUT2D eigenvalue weighted by molar-refractivity contribution is 7.89. The van der Waals surface area contributed by atoms with Crippen molar-refractivity contribution in [2.45, 2.75) is 18.7 Å². The number of nitrogens with one attached hydrogen (secondary N) is 3. The molecular weight excluding hydrogens is 316 g/mol. The van der Waals surface area contributed by atoms with Gasteiger partial charge in [0.2, 0.25) is 20.0 Å². The highest BCUT2D eigenvalue weighted by Crippen LogP contribution is 2.23. The standard InChI is InChI=1S/C11H20N4O4S2/c1-8-6-10(15-12)7-9(2)11(8)21(18,19)14-5-4-13-20(3,16)17/h6-7,13-15H,4-5,12H2,1-3H3. The summed E-state index contributed by atoms with van der Waals surface area (Å²) in [7, 11) is -7.06. The summed E-state index contributed by atoms with van der Waals surface area (Å²) in [6.07, 6.45) is 1.01. The minimum absolute atomic E-state index is 0.0153. The molecule has 0 heterocycles. The number of anilines is 1. The van der Waals surface area contributed by atoms with Gasteiger partial charge in [0.05, 0.1) is 11.2 Å². The van der Waals surface area contributed by atoms with Crippen LogP contribution in [-0.2, 0) is 20.0 Å². The van der Waals surface area contributed by atoms with Crippen LogP contribution in [0.1, 0.15) is 11.1 Å². The van der Waals surface area contributed by atoms with E-state index in [2.05, 4.69) is 14.9 Å². The van der Waals surface area contributed by atoms with Crippen molar-refractivity contribution in [2.24, 2.45) is 5.84 Å². The first-order valence-corrected chi connectivity index (χ1v) is 9.46.